The second-order valence-corrected chi connectivity index (χ2v) is 7.29. The van der Waals surface area contributed by atoms with E-state index in [9.17, 15) is 4.79 Å². The van der Waals surface area contributed by atoms with Gasteiger partial charge in [-0.3, -0.25) is 0 Å². The van der Waals surface area contributed by atoms with Crippen LogP contribution in [-0.2, 0) is 22.6 Å². The highest BCUT2D eigenvalue weighted by Gasteiger charge is 2.23. The molecule has 1 aliphatic heterocycles. The zero-order valence-electron chi connectivity index (χ0n) is 16.6. The number of carbonyl (C=O) groups excluding carboxylic acids is 1. The monoisotopic (exact) mass is 387 g/mol. The normalized spacial score (nSPS) is 15.6. The minimum absolute atomic E-state index is 0.196. The van der Waals surface area contributed by atoms with Crippen LogP contribution in [0.5, 0.6) is 5.75 Å². The maximum Gasteiger partial charge on any atom is 0.328 e. The lowest BCUT2D eigenvalue weighted by molar-refractivity contribution is -0.146. The van der Waals surface area contributed by atoms with Crippen LogP contribution >= 0.6 is 0 Å². The Morgan fingerprint density at radius 3 is 2.66 bits per heavy atom. The summed E-state index contributed by atoms with van der Waals surface area (Å²) in [6, 6.07) is 23.9. The Kier molecular flexibility index (Phi) is 5.80. The van der Waals surface area contributed by atoms with E-state index in [1.807, 2.05) is 48.5 Å². The number of carbonyl (C=O) groups is 1. The van der Waals surface area contributed by atoms with E-state index >= 15 is 0 Å². The molecule has 0 amide bonds. The van der Waals surface area contributed by atoms with E-state index < -0.39 is 0 Å². The number of rotatable bonds is 5. The molecule has 1 unspecified atom stereocenters. The molecule has 3 aromatic carbocycles. The van der Waals surface area contributed by atoms with Crippen LogP contribution in [0.4, 0.5) is 5.69 Å². The first-order chi connectivity index (χ1) is 14.2. The van der Waals surface area contributed by atoms with Crippen molar-refractivity contribution in [3.63, 3.8) is 0 Å². The summed E-state index contributed by atoms with van der Waals surface area (Å²) in [7, 11) is 1.68. The molecule has 0 bridgehead atoms. The zero-order valence-corrected chi connectivity index (χ0v) is 16.6. The van der Waals surface area contributed by atoms with Crippen molar-refractivity contribution in [1.29, 1.82) is 0 Å². The molecule has 4 heteroatoms. The number of nitrogens with one attached hydrogen (secondary N) is 1. The van der Waals surface area contributed by atoms with Crippen LogP contribution in [0.15, 0.2) is 72.8 Å². The fraction of sp³-hybridized carbons (Fsp3) is 0.240. The minimum atomic E-state index is -0.317. The van der Waals surface area contributed by atoms with Crippen molar-refractivity contribution in [3.8, 4) is 16.9 Å². The molecule has 1 aliphatic rings. The van der Waals surface area contributed by atoms with Gasteiger partial charge in [0.1, 0.15) is 18.4 Å². The van der Waals surface area contributed by atoms with E-state index in [1.165, 1.54) is 5.56 Å². The topological polar surface area (TPSA) is 47.6 Å². The summed E-state index contributed by atoms with van der Waals surface area (Å²) in [6.07, 6.45) is 2.63. The van der Waals surface area contributed by atoms with Gasteiger partial charge in [-0.05, 0) is 65.8 Å². The number of fused-ring (bicyclic) bond motifs is 1. The van der Waals surface area contributed by atoms with Crippen molar-refractivity contribution in [2.45, 2.75) is 31.9 Å². The van der Waals surface area contributed by atoms with Gasteiger partial charge >= 0.3 is 5.97 Å². The fourth-order valence-corrected chi connectivity index (χ4v) is 3.69. The molecule has 0 spiro atoms. The standard InChI is InChI=1S/C25H25NO3/c1-28-22-11-5-9-19(16-22)20-13-14-23-21(15-20)10-6-12-24(26-23)25(27)29-17-18-7-3-2-4-8-18/h2-5,7-9,11,13-16,24,26H,6,10,12,17H2,1H3. The van der Waals surface area contributed by atoms with Crippen LogP contribution in [0.2, 0.25) is 0 Å². The summed E-state index contributed by atoms with van der Waals surface area (Å²) in [6.45, 7) is 0.305. The quantitative estimate of drug-likeness (QED) is 0.610. The van der Waals surface area contributed by atoms with Crippen molar-refractivity contribution in [1.82, 2.24) is 0 Å². The predicted octanol–water partition coefficient (Wildman–Crippen LogP) is 5.22. The Bertz CT molecular complexity index is 984. The van der Waals surface area contributed by atoms with Crippen LogP contribution in [0.3, 0.4) is 0 Å². The Balaban J connectivity index is 1.47. The van der Waals surface area contributed by atoms with E-state index in [4.69, 9.17) is 9.47 Å². The predicted molar refractivity (Wildman–Crippen MR) is 115 cm³/mol. The summed E-state index contributed by atoms with van der Waals surface area (Å²) in [5, 5.41) is 3.40. The smallest absolute Gasteiger partial charge is 0.328 e. The maximum atomic E-state index is 12.6. The molecule has 29 heavy (non-hydrogen) atoms. The number of hydrogen-bond acceptors (Lipinski definition) is 4. The van der Waals surface area contributed by atoms with Crippen LogP contribution in [-0.4, -0.2) is 19.1 Å². The third kappa shape index (κ3) is 4.60. The van der Waals surface area contributed by atoms with Gasteiger partial charge in [-0.1, -0.05) is 48.5 Å². The van der Waals surface area contributed by atoms with Crippen molar-refractivity contribution in [2.75, 3.05) is 12.4 Å². The first-order valence-corrected chi connectivity index (χ1v) is 9.97. The van der Waals surface area contributed by atoms with Gasteiger partial charge in [0, 0.05) is 5.69 Å². The molecule has 3 aromatic rings. The molecule has 148 valence electrons. The van der Waals surface area contributed by atoms with Gasteiger partial charge in [-0.15, -0.1) is 0 Å². The first-order valence-electron chi connectivity index (χ1n) is 9.97. The number of methoxy groups -OCH3 is 1. The van der Waals surface area contributed by atoms with Crippen LogP contribution in [0.25, 0.3) is 11.1 Å². The van der Waals surface area contributed by atoms with Crippen molar-refractivity contribution in [3.05, 3.63) is 83.9 Å². The zero-order chi connectivity index (χ0) is 20.1. The highest BCUT2D eigenvalue weighted by atomic mass is 16.5. The molecular weight excluding hydrogens is 362 g/mol. The van der Waals surface area contributed by atoms with Gasteiger partial charge in [0.05, 0.1) is 7.11 Å². The third-order valence-electron chi connectivity index (χ3n) is 5.29. The van der Waals surface area contributed by atoms with Crippen LogP contribution in [0.1, 0.15) is 24.0 Å². The summed E-state index contributed by atoms with van der Waals surface area (Å²) >= 11 is 0. The van der Waals surface area contributed by atoms with Gasteiger partial charge in [-0.25, -0.2) is 4.79 Å². The van der Waals surface area contributed by atoms with Crippen molar-refractivity contribution in [2.24, 2.45) is 0 Å². The number of esters is 1. The van der Waals surface area contributed by atoms with Gasteiger partial charge in [0.15, 0.2) is 0 Å². The molecule has 0 aromatic heterocycles. The molecule has 0 saturated heterocycles. The summed E-state index contributed by atoms with van der Waals surface area (Å²) < 4.78 is 10.9. The Labute approximate surface area is 171 Å². The lowest BCUT2D eigenvalue weighted by atomic mass is 9.99. The van der Waals surface area contributed by atoms with Crippen molar-refractivity contribution >= 4 is 11.7 Å². The largest absolute Gasteiger partial charge is 0.497 e. The molecule has 4 rings (SSSR count). The molecule has 0 saturated carbocycles. The Morgan fingerprint density at radius 1 is 1.00 bits per heavy atom. The van der Waals surface area contributed by atoms with Gasteiger partial charge in [-0.2, -0.15) is 0 Å². The molecule has 1 heterocycles. The van der Waals surface area contributed by atoms with Crippen LogP contribution < -0.4 is 10.1 Å². The van der Waals surface area contributed by atoms with E-state index in [2.05, 4.69) is 29.6 Å². The number of anilines is 1. The maximum absolute atomic E-state index is 12.6. The van der Waals surface area contributed by atoms with Crippen LogP contribution in [0, 0.1) is 0 Å². The molecule has 0 fully saturated rings. The highest BCUT2D eigenvalue weighted by molar-refractivity contribution is 5.80. The number of ether oxygens (including phenoxy) is 2. The second-order valence-electron chi connectivity index (χ2n) is 7.29. The third-order valence-corrected chi connectivity index (χ3v) is 5.29. The Hall–Kier alpha value is -3.27. The first kappa shape index (κ1) is 19.1. The molecule has 4 nitrogen and oxygen atoms in total. The average Bonchev–Trinajstić information content (AvgIpc) is 3.00. The van der Waals surface area contributed by atoms with Gasteiger partial charge in [0.2, 0.25) is 0 Å². The summed E-state index contributed by atoms with van der Waals surface area (Å²) in [5.41, 5.74) is 5.50. The van der Waals surface area contributed by atoms with Gasteiger partial charge < -0.3 is 14.8 Å². The summed E-state index contributed by atoms with van der Waals surface area (Å²) in [4.78, 5) is 12.6. The molecule has 0 aliphatic carbocycles. The van der Waals surface area contributed by atoms with E-state index in [1.54, 1.807) is 7.11 Å². The lowest BCUT2D eigenvalue weighted by Crippen LogP contribution is -2.30. The highest BCUT2D eigenvalue weighted by Crippen LogP contribution is 2.31. The molecule has 1 N–H and O–H groups in total. The van der Waals surface area contributed by atoms with E-state index in [0.717, 1.165) is 47.4 Å². The molecule has 0 radical (unpaired) electrons. The minimum Gasteiger partial charge on any atom is -0.497 e. The molecular formula is C25H25NO3. The van der Waals surface area contributed by atoms with E-state index in [-0.39, 0.29) is 12.0 Å². The number of aryl methyl sites for hydroxylation is 1. The average molecular weight is 387 g/mol. The Morgan fingerprint density at radius 2 is 1.83 bits per heavy atom. The number of hydrogen-bond donors (Lipinski definition) is 1. The molecule has 1 atom stereocenters. The lowest BCUT2D eigenvalue weighted by Gasteiger charge is -2.17. The SMILES string of the molecule is COc1cccc(-c2ccc3c(c2)CCCC(C(=O)OCc2ccccc2)N3)c1. The van der Waals surface area contributed by atoms with Crippen molar-refractivity contribution < 1.29 is 14.3 Å². The van der Waals surface area contributed by atoms with Gasteiger partial charge in [0.25, 0.3) is 0 Å². The number of benzene rings is 3. The fourth-order valence-electron chi connectivity index (χ4n) is 3.69. The second kappa shape index (κ2) is 8.82. The summed E-state index contributed by atoms with van der Waals surface area (Å²) in [5.74, 6) is 0.648. The van der Waals surface area contributed by atoms with E-state index in [0.29, 0.717) is 6.61 Å².